The lowest BCUT2D eigenvalue weighted by molar-refractivity contribution is 0.255. The van der Waals surface area contributed by atoms with Crippen LogP contribution in [0, 0.1) is 0 Å². The van der Waals surface area contributed by atoms with Crippen molar-refractivity contribution in [3.63, 3.8) is 0 Å². The van der Waals surface area contributed by atoms with Gasteiger partial charge in [0.2, 0.25) is 10.0 Å². The van der Waals surface area contributed by atoms with Crippen LogP contribution < -0.4 is 15.2 Å². The molecule has 0 saturated carbocycles. The molecule has 120 valence electrons. The highest BCUT2D eigenvalue weighted by Gasteiger charge is 2.29. The van der Waals surface area contributed by atoms with Crippen molar-refractivity contribution in [1.29, 1.82) is 0 Å². The minimum Gasteiger partial charge on any atom is -0.489 e. The van der Waals surface area contributed by atoms with Crippen LogP contribution in [0.1, 0.15) is 26.3 Å². The highest BCUT2D eigenvalue weighted by atomic mass is 35.5. The van der Waals surface area contributed by atoms with E-state index >= 15 is 0 Å². The molecular weight excluding hydrogens is 335 g/mol. The fraction of sp³-hybridized carbons (Fsp3) is 0.538. The molecule has 0 bridgehead atoms. The Balaban J connectivity index is 0.00000220. The van der Waals surface area contributed by atoms with Crippen molar-refractivity contribution >= 4 is 34.0 Å². The maximum absolute atomic E-state index is 12.4. The van der Waals surface area contributed by atoms with Gasteiger partial charge >= 0.3 is 0 Å². The molecule has 0 saturated heterocycles. The number of sulfonamides is 1. The highest BCUT2D eigenvalue weighted by Crippen LogP contribution is 2.38. The molecule has 0 radical (unpaired) electrons. The first kappa shape index (κ1) is 18.5. The number of fused-ring (bicyclic) bond motifs is 1. The zero-order valence-corrected chi connectivity index (χ0v) is 14.5. The van der Waals surface area contributed by atoms with Crippen LogP contribution in [0.3, 0.4) is 0 Å². The Kier molecular flexibility index (Phi) is 5.56. The largest absolute Gasteiger partial charge is 0.489 e. The average molecular weight is 355 g/mol. The number of rotatable bonds is 4. The molecule has 0 aromatic heterocycles. The number of nitrogens with one attached hydrogen (secondary N) is 1. The highest BCUT2D eigenvalue weighted by molar-refractivity contribution is 7.89. The van der Waals surface area contributed by atoms with Crippen molar-refractivity contribution in [3.05, 3.63) is 22.7 Å². The van der Waals surface area contributed by atoms with Crippen LogP contribution in [-0.2, 0) is 16.4 Å². The summed E-state index contributed by atoms with van der Waals surface area (Å²) < 4.78 is 32.9. The molecule has 1 heterocycles. The summed E-state index contributed by atoms with van der Waals surface area (Å²) in [5, 5.41) is 0.317. The molecule has 0 spiro atoms. The monoisotopic (exact) mass is 354 g/mol. The smallest absolute Gasteiger partial charge is 0.241 e. The third kappa shape index (κ3) is 4.02. The van der Waals surface area contributed by atoms with Crippen molar-refractivity contribution in [1.82, 2.24) is 4.72 Å². The third-order valence-corrected chi connectivity index (χ3v) is 5.11. The predicted molar refractivity (Wildman–Crippen MR) is 85.9 cm³/mol. The van der Waals surface area contributed by atoms with E-state index in [0.29, 0.717) is 17.2 Å². The Morgan fingerprint density at radius 3 is 2.67 bits per heavy atom. The van der Waals surface area contributed by atoms with Crippen molar-refractivity contribution in [2.45, 2.75) is 43.7 Å². The van der Waals surface area contributed by atoms with Gasteiger partial charge in [-0.1, -0.05) is 11.6 Å². The summed E-state index contributed by atoms with van der Waals surface area (Å²) >= 11 is 6.11. The molecule has 3 N–H and O–H groups in total. The SMILES string of the molecule is CC1Cc2cc(S(=O)(=O)NC(C)(C)CN)cc(Cl)c2O1.Cl. The van der Waals surface area contributed by atoms with Gasteiger partial charge in [0.15, 0.2) is 0 Å². The summed E-state index contributed by atoms with van der Waals surface area (Å²) in [6.07, 6.45) is 0.660. The Hall–Kier alpha value is -0.530. The lowest BCUT2D eigenvalue weighted by atomic mass is 10.1. The molecule has 1 aromatic rings. The first-order chi connectivity index (χ1) is 9.14. The zero-order valence-electron chi connectivity index (χ0n) is 12.1. The van der Waals surface area contributed by atoms with E-state index in [2.05, 4.69) is 4.72 Å². The number of ether oxygens (including phenoxy) is 1. The van der Waals surface area contributed by atoms with Crippen molar-refractivity contribution in [2.24, 2.45) is 5.73 Å². The summed E-state index contributed by atoms with van der Waals surface area (Å²) in [4.78, 5) is 0.139. The maximum Gasteiger partial charge on any atom is 0.241 e. The summed E-state index contributed by atoms with van der Waals surface area (Å²) in [7, 11) is -3.66. The van der Waals surface area contributed by atoms with Gasteiger partial charge in [-0.05, 0) is 32.9 Å². The van der Waals surface area contributed by atoms with E-state index in [1.807, 2.05) is 6.92 Å². The predicted octanol–water partition coefficient (Wildman–Crippen LogP) is 2.10. The molecule has 2 rings (SSSR count). The van der Waals surface area contributed by atoms with E-state index < -0.39 is 15.6 Å². The van der Waals surface area contributed by atoms with Crippen LogP contribution in [0.4, 0.5) is 0 Å². The molecule has 8 heteroatoms. The molecule has 1 aliphatic rings. The molecule has 1 aliphatic heterocycles. The fourth-order valence-electron chi connectivity index (χ4n) is 2.08. The fourth-order valence-corrected chi connectivity index (χ4v) is 3.93. The van der Waals surface area contributed by atoms with Gasteiger partial charge in [0.1, 0.15) is 11.9 Å². The molecule has 1 unspecified atom stereocenters. The quantitative estimate of drug-likeness (QED) is 0.867. The summed E-state index contributed by atoms with van der Waals surface area (Å²) in [6, 6.07) is 3.02. The molecule has 1 aromatic carbocycles. The minimum atomic E-state index is -3.66. The number of benzene rings is 1. The van der Waals surface area contributed by atoms with Crippen molar-refractivity contribution < 1.29 is 13.2 Å². The molecule has 5 nitrogen and oxygen atoms in total. The number of hydrogen-bond donors (Lipinski definition) is 2. The zero-order chi connectivity index (χ0) is 15.1. The standard InChI is InChI=1S/C13H19ClN2O3S.ClH/c1-8-4-9-5-10(6-11(14)12(9)19-8)20(17,18)16-13(2,3)7-15;/h5-6,8,16H,4,7,15H2,1-3H3;1H. The maximum atomic E-state index is 12.4. The third-order valence-electron chi connectivity index (χ3n) is 3.15. The Bertz CT molecular complexity index is 633. The molecule has 0 fully saturated rings. The number of halogens is 2. The van der Waals surface area contributed by atoms with Gasteiger partial charge in [-0.2, -0.15) is 0 Å². The lowest BCUT2D eigenvalue weighted by Gasteiger charge is -2.24. The van der Waals surface area contributed by atoms with E-state index in [1.165, 1.54) is 6.07 Å². The van der Waals surface area contributed by atoms with Crippen LogP contribution in [-0.4, -0.2) is 26.6 Å². The lowest BCUT2D eigenvalue weighted by Crippen LogP contribution is -2.48. The van der Waals surface area contributed by atoms with Gasteiger partial charge in [0.05, 0.1) is 9.92 Å². The second-order valence-corrected chi connectivity index (χ2v) is 7.81. The van der Waals surface area contributed by atoms with Crippen molar-refractivity contribution in [2.75, 3.05) is 6.54 Å². The molecule has 21 heavy (non-hydrogen) atoms. The van der Waals surface area contributed by atoms with Gasteiger partial charge in [-0.3, -0.25) is 0 Å². The van der Waals surface area contributed by atoms with Crippen LogP contribution in [0.25, 0.3) is 0 Å². The van der Waals surface area contributed by atoms with E-state index in [-0.39, 0.29) is 30.0 Å². The topological polar surface area (TPSA) is 81.4 Å². The second kappa shape index (κ2) is 6.30. The van der Waals surface area contributed by atoms with Gasteiger partial charge < -0.3 is 10.5 Å². The van der Waals surface area contributed by atoms with Crippen molar-refractivity contribution in [3.8, 4) is 5.75 Å². The summed E-state index contributed by atoms with van der Waals surface area (Å²) in [5.41, 5.74) is 5.66. The molecule has 0 amide bonds. The molecule has 0 aliphatic carbocycles. The van der Waals surface area contributed by atoms with Crippen LogP contribution >= 0.6 is 24.0 Å². The van der Waals surface area contributed by atoms with E-state index in [1.54, 1.807) is 19.9 Å². The van der Waals surface area contributed by atoms with E-state index in [9.17, 15) is 8.42 Å². The minimum absolute atomic E-state index is 0. The van der Waals surface area contributed by atoms with Gasteiger partial charge in [0, 0.05) is 24.1 Å². The van der Waals surface area contributed by atoms with Crippen LogP contribution in [0.15, 0.2) is 17.0 Å². The first-order valence-electron chi connectivity index (χ1n) is 6.38. The van der Waals surface area contributed by atoms with E-state index in [4.69, 9.17) is 22.1 Å². The Labute approximate surface area is 136 Å². The van der Waals surface area contributed by atoms with E-state index in [0.717, 1.165) is 5.56 Å². The summed E-state index contributed by atoms with van der Waals surface area (Å²) in [6.45, 7) is 5.57. The Morgan fingerprint density at radius 1 is 1.48 bits per heavy atom. The molecular formula is C13H20Cl2N2O3S. The van der Waals surface area contributed by atoms with Crippen LogP contribution in [0.2, 0.25) is 5.02 Å². The molecule has 1 atom stereocenters. The Morgan fingerprint density at radius 2 is 2.10 bits per heavy atom. The first-order valence-corrected chi connectivity index (χ1v) is 8.24. The normalized spacial score (nSPS) is 17.9. The average Bonchev–Trinajstić information content (AvgIpc) is 2.69. The van der Waals surface area contributed by atoms with Crippen LogP contribution in [0.5, 0.6) is 5.75 Å². The van der Waals surface area contributed by atoms with Gasteiger partial charge in [-0.25, -0.2) is 13.1 Å². The number of hydrogen-bond acceptors (Lipinski definition) is 4. The van der Waals surface area contributed by atoms with Gasteiger partial charge in [0.25, 0.3) is 0 Å². The van der Waals surface area contributed by atoms with Gasteiger partial charge in [-0.15, -0.1) is 12.4 Å². The summed E-state index contributed by atoms with van der Waals surface area (Å²) in [5.74, 6) is 0.580. The second-order valence-electron chi connectivity index (χ2n) is 5.72. The number of nitrogens with two attached hydrogens (primary N) is 1.